The maximum absolute atomic E-state index is 4.58. The van der Waals surface area contributed by atoms with Gasteiger partial charge < -0.3 is 0 Å². The molecule has 21 heavy (non-hydrogen) atoms. The van der Waals surface area contributed by atoms with Crippen LogP contribution < -0.4 is 0 Å². The first-order valence-electron chi connectivity index (χ1n) is 6.44. The molecule has 1 aromatic rings. The molecule has 0 N–H and O–H groups in total. The maximum Gasteiger partial charge on any atom is 0.132 e. The van der Waals surface area contributed by atoms with E-state index in [0.717, 1.165) is 56.0 Å². The van der Waals surface area contributed by atoms with Crippen LogP contribution in [0.5, 0.6) is 0 Å². The van der Waals surface area contributed by atoms with E-state index in [9.17, 15) is 0 Å². The SMILES string of the molecule is BrC(Br)CCc1nc(CCC(Br)Br)nc(CCC(Br)Br)n1. The molecule has 0 saturated carbocycles. The molecule has 0 radical (unpaired) electrons. The average molecular weight is 681 g/mol. The third kappa shape index (κ3) is 10.4. The molecule has 1 heterocycles. The summed E-state index contributed by atoms with van der Waals surface area (Å²) in [5, 5.41) is 0. The van der Waals surface area contributed by atoms with Gasteiger partial charge in [0.1, 0.15) is 17.5 Å². The monoisotopic (exact) mass is 675 g/mol. The topological polar surface area (TPSA) is 38.7 Å². The van der Waals surface area contributed by atoms with Crippen molar-refractivity contribution in [1.82, 2.24) is 15.0 Å². The van der Waals surface area contributed by atoms with E-state index in [1.54, 1.807) is 0 Å². The van der Waals surface area contributed by atoms with Gasteiger partial charge in [-0.05, 0) is 19.3 Å². The van der Waals surface area contributed by atoms with Crippen LogP contribution in [-0.2, 0) is 19.3 Å². The fourth-order valence-electron chi connectivity index (χ4n) is 1.57. The molecule has 0 unspecified atom stereocenters. The molecule has 9 heteroatoms. The Bertz CT molecular complexity index is 353. The van der Waals surface area contributed by atoms with Crippen molar-refractivity contribution in [2.45, 2.75) is 49.7 Å². The Morgan fingerprint density at radius 1 is 0.524 bits per heavy atom. The predicted molar refractivity (Wildman–Crippen MR) is 110 cm³/mol. The van der Waals surface area contributed by atoms with E-state index >= 15 is 0 Å². The van der Waals surface area contributed by atoms with Gasteiger partial charge in [-0.25, -0.2) is 15.0 Å². The van der Waals surface area contributed by atoms with Crippen LogP contribution in [0.15, 0.2) is 0 Å². The van der Waals surface area contributed by atoms with Crippen LogP contribution in [0.3, 0.4) is 0 Å². The van der Waals surface area contributed by atoms with Crippen molar-refractivity contribution in [3.63, 3.8) is 0 Å². The van der Waals surface area contributed by atoms with Gasteiger partial charge in [0.15, 0.2) is 0 Å². The van der Waals surface area contributed by atoms with E-state index in [0.29, 0.717) is 0 Å². The first-order valence-corrected chi connectivity index (χ1v) is 11.9. The van der Waals surface area contributed by atoms with Crippen LogP contribution in [0.2, 0.25) is 0 Å². The molecule has 0 spiro atoms. The molecule has 3 nitrogen and oxygen atoms in total. The minimum Gasteiger partial charge on any atom is -0.218 e. The number of halogens is 6. The zero-order valence-corrected chi connectivity index (χ0v) is 20.6. The Balaban J connectivity index is 2.79. The summed E-state index contributed by atoms with van der Waals surface area (Å²) in [5.74, 6) is 2.63. The van der Waals surface area contributed by atoms with Crippen molar-refractivity contribution < 1.29 is 0 Å². The number of aryl methyl sites for hydroxylation is 3. The van der Waals surface area contributed by atoms with E-state index < -0.39 is 0 Å². The number of rotatable bonds is 9. The molecule has 0 amide bonds. The summed E-state index contributed by atoms with van der Waals surface area (Å²) in [6.07, 6.45) is 5.34. The summed E-state index contributed by atoms with van der Waals surface area (Å²) in [6, 6.07) is 0. The van der Waals surface area contributed by atoms with Gasteiger partial charge in [0.25, 0.3) is 0 Å². The lowest BCUT2D eigenvalue weighted by Crippen LogP contribution is -2.10. The van der Waals surface area contributed by atoms with Gasteiger partial charge in [0, 0.05) is 19.3 Å². The van der Waals surface area contributed by atoms with Crippen molar-refractivity contribution in [3.05, 3.63) is 17.5 Å². The number of nitrogens with zero attached hydrogens (tertiary/aromatic N) is 3. The minimum atomic E-state index is 0.289. The van der Waals surface area contributed by atoms with Crippen molar-refractivity contribution >= 4 is 95.6 Å². The van der Waals surface area contributed by atoms with E-state index in [4.69, 9.17) is 0 Å². The first-order chi connectivity index (χ1) is 9.86. The molecular formula is C12H15Br6N3. The summed E-state index contributed by atoms with van der Waals surface area (Å²) in [7, 11) is 0. The van der Waals surface area contributed by atoms with Crippen molar-refractivity contribution in [2.24, 2.45) is 0 Å². The number of aromatic nitrogens is 3. The van der Waals surface area contributed by atoms with Crippen molar-refractivity contribution in [2.75, 3.05) is 0 Å². The lowest BCUT2D eigenvalue weighted by atomic mass is 10.2. The Labute approximate surface area is 176 Å². The molecule has 0 saturated heterocycles. The van der Waals surface area contributed by atoms with Crippen LogP contribution >= 0.6 is 95.6 Å². The van der Waals surface area contributed by atoms with E-state index in [1.807, 2.05) is 0 Å². The minimum absolute atomic E-state index is 0.289. The highest BCUT2D eigenvalue weighted by molar-refractivity contribution is 9.25. The summed E-state index contributed by atoms with van der Waals surface area (Å²) in [5.41, 5.74) is 0. The summed E-state index contributed by atoms with van der Waals surface area (Å²) in [4.78, 5) is 13.7. The molecular weight excluding hydrogens is 666 g/mol. The van der Waals surface area contributed by atoms with Crippen LogP contribution in [0.4, 0.5) is 0 Å². The Hall–Kier alpha value is 1.89. The summed E-state index contributed by atoms with van der Waals surface area (Å²) in [6.45, 7) is 0. The zero-order valence-electron chi connectivity index (χ0n) is 11.1. The highest BCUT2D eigenvalue weighted by atomic mass is 79.9. The summed E-state index contributed by atoms with van der Waals surface area (Å²) >= 11 is 20.9. The summed E-state index contributed by atoms with van der Waals surface area (Å²) < 4.78 is 0.868. The van der Waals surface area contributed by atoms with Crippen molar-refractivity contribution in [1.29, 1.82) is 0 Å². The smallest absolute Gasteiger partial charge is 0.132 e. The molecule has 120 valence electrons. The molecule has 0 aliphatic heterocycles. The second-order valence-corrected chi connectivity index (χ2v) is 14.7. The number of hydrogen-bond donors (Lipinski definition) is 0. The molecule has 0 fully saturated rings. The molecule has 0 aromatic carbocycles. The van der Waals surface area contributed by atoms with Crippen LogP contribution in [0.1, 0.15) is 36.7 Å². The Kier molecular flexibility index (Phi) is 11.4. The zero-order chi connectivity index (χ0) is 15.8. The largest absolute Gasteiger partial charge is 0.218 e. The third-order valence-electron chi connectivity index (χ3n) is 2.53. The Morgan fingerprint density at radius 2 is 0.762 bits per heavy atom. The van der Waals surface area contributed by atoms with Gasteiger partial charge in [-0.1, -0.05) is 95.6 Å². The maximum atomic E-state index is 4.58. The van der Waals surface area contributed by atoms with Gasteiger partial charge >= 0.3 is 0 Å². The molecule has 0 aliphatic carbocycles. The molecule has 0 bridgehead atoms. The van der Waals surface area contributed by atoms with E-state index in [2.05, 4.69) is 111 Å². The molecule has 0 atom stereocenters. The van der Waals surface area contributed by atoms with Gasteiger partial charge in [-0.3, -0.25) is 0 Å². The van der Waals surface area contributed by atoms with Gasteiger partial charge in [0.05, 0.1) is 11.2 Å². The van der Waals surface area contributed by atoms with E-state index in [1.165, 1.54) is 0 Å². The van der Waals surface area contributed by atoms with Gasteiger partial charge in [-0.2, -0.15) is 0 Å². The van der Waals surface area contributed by atoms with Gasteiger partial charge in [0.2, 0.25) is 0 Å². The average Bonchev–Trinajstić information content (AvgIpc) is 2.40. The van der Waals surface area contributed by atoms with Crippen LogP contribution in [0, 0.1) is 0 Å². The fraction of sp³-hybridized carbons (Fsp3) is 0.750. The quantitative estimate of drug-likeness (QED) is 0.300. The fourth-order valence-corrected chi connectivity index (χ4v) is 2.95. The third-order valence-corrected chi connectivity index (χ3v) is 5.28. The Morgan fingerprint density at radius 3 is 0.952 bits per heavy atom. The van der Waals surface area contributed by atoms with Crippen LogP contribution in [0.25, 0.3) is 0 Å². The standard InChI is InChI=1S/C12H15Br6N3/c13-7(14)1-4-10-19-11(5-2-8(15)16)21-12(20-10)6-3-9(17)18/h7-9H,1-6H2. The second kappa shape index (κ2) is 11.4. The molecule has 1 aromatic heterocycles. The number of hydrogen-bond acceptors (Lipinski definition) is 3. The first kappa shape index (κ1) is 20.9. The second-order valence-electron chi connectivity index (χ2n) is 4.37. The normalized spacial score (nSPS) is 11.9. The molecule has 1 rings (SSSR count). The molecule has 0 aliphatic rings. The van der Waals surface area contributed by atoms with E-state index in [-0.39, 0.29) is 11.2 Å². The lowest BCUT2D eigenvalue weighted by molar-refractivity contribution is 0.706. The lowest BCUT2D eigenvalue weighted by Gasteiger charge is -2.09. The van der Waals surface area contributed by atoms with Crippen LogP contribution in [-0.4, -0.2) is 26.2 Å². The number of alkyl halides is 6. The highest BCUT2D eigenvalue weighted by Crippen LogP contribution is 2.18. The van der Waals surface area contributed by atoms with Gasteiger partial charge in [-0.15, -0.1) is 0 Å². The predicted octanol–water partition coefficient (Wildman–Crippen LogP) is 6.02. The van der Waals surface area contributed by atoms with Crippen molar-refractivity contribution in [3.8, 4) is 0 Å². The highest BCUT2D eigenvalue weighted by Gasteiger charge is 2.10.